The molecule has 0 N–H and O–H groups in total. The molecule has 0 saturated carbocycles. The second kappa shape index (κ2) is 13.3. The van der Waals surface area contributed by atoms with Gasteiger partial charge in [0.15, 0.2) is 0 Å². The van der Waals surface area contributed by atoms with E-state index in [2.05, 4.69) is 183 Å². The summed E-state index contributed by atoms with van der Waals surface area (Å²) in [6.07, 6.45) is 11.7. The van der Waals surface area contributed by atoms with Gasteiger partial charge in [0.1, 0.15) is 11.9 Å². The van der Waals surface area contributed by atoms with Crippen molar-refractivity contribution in [2.75, 3.05) is 4.90 Å². The summed E-state index contributed by atoms with van der Waals surface area (Å²) in [5.74, 6) is 1.42. The van der Waals surface area contributed by atoms with E-state index >= 15 is 0 Å². The Morgan fingerprint density at radius 3 is 2.08 bits per heavy atom. The first-order valence-corrected chi connectivity index (χ1v) is 21.7. The smallest absolute Gasteiger partial charge is 0.132 e. The zero-order valence-corrected chi connectivity index (χ0v) is 33.8. The van der Waals surface area contributed by atoms with Gasteiger partial charge in [0.2, 0.25) is 0 Å². The van der Waals surface area contributed by atoms with Crippen molar-refractivity contribution in [1.29, 1.82) is 0 Å². The van der Waals surface area contributed by atoms with E-state index in [9.17, 15) is 0 Å². The Labute approximate surface area is 347 Å². The van der Waals surface area contributed by atoms with Crippen LogP contribution in [0.3, 0.4) is 0 Å². The second-order valence-electron chi connectivity index (χ2n) is 17.7. The Morgan fingerprint density at radius 1 is 0.576 bits per heavy atom. The Bertz CT molecular complexity index is 3060. The number of nitrogens with zero attached hydrogens (tertiary/aromatic N) is 1. The highest BCUT2D eigenvalue weighted by Crippen LogP contribution is 2.61. The van der Waals surface area contributed by atoms with Crippen molar-refractivity contribution in [3.8, 4) is 39.1 Å². The zero-order valence-electron chi connectivity index (χ0n) is 33.8. The normalized spacial score (nSPS) is 18.7. The van der Waals surface area contributed by atoms with E-state index in [1.807, 2.05) is 0 Å². The SMILES string of the molecule is CC1(C)c2cc(-c3ccccc3)ccc2-c2c3c(c4ccccc4c21)C1CCC(N(C2=CCCCC2)c2ccc(-c4cc5ccccc5c5ccccc45)cc2)=CC1O3. The van der Waals surface area contributed by atoms with Gasteiger partial charge >= 0.3 is 0 Å². The summed E-state index contributed by atoms with van der Waals surface area (Å²) in [5, 5.41) is 7.92. The molecule has 0 bridgehead atoms. The first-order valence-electron chi connectivity index (χ1n) is 21.7. The van der Waals surface area contributed by atoms with E-state index in [1.54, 1.807) is 0 Å². The molecule has 2 nitrogen and oxygen atoms in total. The third kappa shape index (κ3) is 5.32. The van der Waals surface area contributed by atoms with Crippen molar-refractivity contribution < 1.29 is 4.74 Å². The van der Waals surface area contributed by atoms with Gasteiger partial charge in [0, 0.05) is 39.5 Å². The molecule has 0 amide bonds. The van der Waals surface area contributed by atoms with Crippen LogP contribution in [-0.4, -0.2) is 6.10 Å². The van der Waals surface area contributed by atoms with Crippen LogP contribution >= 0.6 is 0 Å². The highest BCUT2D eigenvalue weighted by molar-refractivity contribution is 6.13. The third-order valence-electron chi connectivity index (χ3n) is 14.0. The van der Waals surface area contributed by atoms with Crippen molar-refractivity contribution in [3.63, 3.8) is 0 Å². The summed E-state index contributed by atoms with van der Waals surface area (Å²) in [7, 11) is 0. The van der Waals surface area contributed by atoms with Crippen LogP contribution in [0.1, 0.15) is 75.0 Å². The lowest BCUT2D eigenvalue weighted by molar-refractivity contribution is 0.241. The van der Waals surface area contributed by atoms with E-state index in [4.69, 9.17) is 4.74 Å². The maximum Gasteiger partial charge on any atom is 0.132 e. The molecule has 2 unspecified atom stereocenters. The number of rotatable bonds is 5. The van der Waals surface area contributed by atoms with E-state index in [1.165, 1.54) is 112 Å². The summed E-state index contributed by atoms with van der Waals surface area (Å²) >= 11 is 0. The molecular weight excluding hydrogens is 715 g/mol. The molecule has 0 radical (unpaired) electrons. The van der Waals surface area contributed by atoms with Crippen LogP contribution in [0.2, 0.25) is 0 Å². The summed E-state index contributed by atoms with van der Waals surface area (Å²) in [6, 6.07) is 56.5. The van der Waals surface area contributed by atoms with Crippen LogP contribution in [0, 0.1) is 0 Å². The molecule has 0 saturated heterocycles. The van der Waals surface area contributed by atoms with Crippen LogP contribution in [0.25, 0.3) is 65.7 Å². The number of allylic oxidation sites excluding steroid dienone is 3. The monoisotopic (exact) mass is 761 g/mol. The maximum atomic E-state index is 7.36. The Kier molecular flexibility index (Phi) is 7.83. The number of hydrogen-bond donors (Lipinski definition) is 0. The molecule has 12 rings (SSSR count). The molecule has 0 spiro atoms. The van der Waals surface area contributed by atoms with Crippen LogP contribution < -0.4 is 9.64 Å². The fourth-order valence-corrected chi connectivity index (χ4v) is 11.3. The largest absolute Gasteiger partial charge is 0.485 e. The molecule has 0 fully saturated rings. The van der Waals surface area contributed by atoms with Gasteiger partial charge in [-0.3, -0.25) is 0 Å². The first kappa shape index (κ1) is 34.6. The van der Waals surface area contributed by atoms with E-state index < -0.39 is 0 Å². The van der Waals surface area contributed by atoms with Crippen molar-refractivity contribution in [2.45, 2.75) is 69.8 Å². The fourth-order valence-electron chi connectivity index (χ4n) is 11.3. The van der Waals surface area contributed by atoms with Gasteiger partial charge in [-0.2, -0.15) is 0 Å². The number of benzene rings is 8. The molecule has 8 aromatic carbocycles. The molecule has 59 heavy (non-hydrogen) atoms. The summed E-state index contributed by atoms with van der Waals surface area (Å²) < 4.78 is 7.36. The Hall–Kier alpha value is -6.38. The standard InChI is InChI=1S/C57H47NO/c1-57(2)51-34-38(36-15-5-3-6-16-36)27-31-48(51)54-55(57)47-24-14-13-23-46(47)53-49-32-30-42(35-52(49)59-56(53)54)58(40-18-7-4-8-19-40)41-28-25-37(26-29-41)50-33-39-17-9-10-20-43(39)44-21-11-12-22-45(44)50/h3,5-6,9-18,20-29,31,33-35,49,52H,4,7-8,19,30,32H2,1-2H3. The second-order valence-corrected chi connectivity index (χ2v) is 17.7. The topological polar surface area (TPSA) is 12.5 Å². The maximum absolute atomic E-state index is 7.36. The van der Waals surface area contributed by atoms with Gasteiger partial charge in [-0.1, -0.05) is 147 Å². The van der Waals surface area contributed by atoms with Gasteiger partial charge in [-0.25, -0.2) is 0 Å². The fraction of sp³-hybridized carbons (Fsp3) is 0.193. The average Bonchev–Trinajstić information content (AvgIpc) is 3.79. The lowest BCUT2D eigenvalue weighted by Gasteiger charge is -2.35. The number of ether oxygens (including phenoxy) is 1. The minimum absolute atomic E-state index is 0.0191. The number of fused-ring (bicyclic) bond motifs is 13. The molecular formula is C57H47NO. The van der Waals surface area contributed by atoms with Crippen molar-refractivity contribution in [1.82, 2.24) is 0 Å². The molecule has 0 aromatic heterocycles. The van der Waals surface area contributed by atoms with Crippen LogP contribution in [-0.2, 0) is 5.41 Å². The first-order chi connectivity index (χ1) is 29.0. The summed E-state index contributed by atoms with van der Waals surface area (Å²) in [4.78, 5) is 2.59. The van der Waals surface area contributed by atoms with Crippen molar-refractivity contribution in [3.05, 3.63) is 192 Å². The van der Waals surface area contributed by atoms with Gasteiger partial charge in [0.25, 0.3) is 0 Å². The predicted molar refractivity (Wildman–Crippen MR) is 247 cm³/mol. The Morgan fingerprint density at radius 2 is 1.29 bits per heavy atom. The summed E-state index contributed by atoms with van der Waals surface area (Å²) in [6.45, 7) is 4.82. The van der Waals surface area contributed by atoms with E-state index in [-0.39, 0.29) is 11.5 Å². The van der Waals surface area contributed by atoms with Crippen LogP contribution in [0.5, 0.6) is 5.75 Å². The van der Waals surface area contributed by atoms with Gasteiger partial charge in [-0.15, -0.1) is 0 Å². The van der Waals surface area contributed by atoms with Crippen LogP contribution in [0.4, 0.5) is 5.69 Å². The minimum Gasteiger partial charge on any atom is -0.485 e. The highest BCUT2D eigenvalue weighted by Gasteiger charge is 2.46. The lowest BCUT2D eigenvalue weighted by atomic mass is 9.77. The van der Waals surface area contributed by atoms with Gasteiger partial charge < -0.3 is 9.64 Å². The highest BCUT2D eigenvalue weighted by atomic mass is 16.5. The molecule has 3 aliphatic carbocycles. The molecule has 286 valence electrons. The zero-order chi connectivity index (χ0) is 39.2. The molecule has 1 heterocycles. The quantitative estimate of drug-likeness (QED) is 0.162. The molecule has 4 aliphatic rings. The van der Waals surface area contributed by atoms with Crippen molar-refractivity contribution >= 4 is 38.0 Å². The number of anilines is 1. The minimum atomic E-state index is -0.169. The Balaban J connectivity index is 0.952. The predicted octanol–water partition coefficient (Wildman–Crippen LogP) is 15.3. The van der Waals surface area contributed by atoms with Crippen LogP contribution in [0.15, 0.2) is 175 Å². The van der Waals surface area contributed by atoms with Crippen molar-refractivity contribution in [2.24, 2.45) is 0 Å². The molecule has 2 atom stereocenters. The molecule has 2 heteroatoms. The number of hydrogen-bond acceptors (Lipinski definition) is 2. The molecule has 8 aromatic rings. The lowest BCUT2D eigenvalue weighted by Crippen LogP contribution is -2.30. The average molecular weight is 762 g/mol. The third-order valence-corrected chi connectivity index (χ3v) is 14.0. The van der Waals surface area contributed by atoms with Gasteiger partial charge in [-0.05, 0) is 140 Å². The van der Waals surface area contributed by atoms with E-state index in [0.717, 1.165) is 31.4 Å². The summed E-state index contributed by atoms with van der Waals surface area (Å²) in [5.41, 5.74) is 15.8. The molecule has 1 aliphatic heterocycles. The van der Waals surface area contributed by atoms with E-state index in [0.29, 0.717) is 5.92 Å². The van der Waals surface area contributed by atoms with Gasteiger partial charge in [0.05, 0.1) is 0 Å².